The Kier molecular flexibility index (Phi) is 9.44. The molecular formula is C14H28F3NO. The van der Waals surface area contributed by atoms with Crippen molar-refractivity contribution in [3.05, 3.63) is 0 Å². The number of hydrogen-bond donors (Lipinski definition) is 1. The van der Waals surface area contributed by atoms with Gasteiger partial charge in [0.05, 0.1) is 0 Å². The van der Waals surface area contributed by atoms with E-state index >= 15 is 0 Å². The van der Waals surface area contributed by atoms with Crippen LogP contribution in [0.5, 0.6) is 0 Å². The zero-order valence-electron chi connectivity index (χ0n) is 12.5. The number of rotatable bonds is 10. The first-order chi connectivity index (χ1) is 8.70. The van der Waals surface area contributed by atoms with Crippen LogP contribution in [0.4, 0.5) is 13.2 Å². The van der Waals surface area contributed by atoms with Crippen LogP contribution in [0, 0.1) is 11.8 Å². The Labute approximate surface area is 115 Å². The van der Waals surface area contributed by atoms with Gasteiger partial charge < -0.3 is 10.1 Å². The fraction of sp³-hybridized carbons (Fsp3) is 1.00. The Bertz CT molecular complexity index is 217. The van der Waals surface area contributed by atoms with Crippen molar-refractivity contribution in [2.45, 2.75) is 59.2 Å². The molecule has 1 atom stereocenters. The summed E-state index contributed by atoms with van der Waals surface area (Å²) < 4.78 is 40.3. The summed E-state index contributed by atoms with van der Waals surface area (Å²) in [7, 11) is 0. The summed E-state index contributed by atoms with van der Waals surface area (Å²) in [6.45, 7) is 8.51. The second-order valence-corrected chi connectivity index (χ2v) is 5.87. The summed E-state index contributed by atoms with van der Waals surface area (Å²) in [5.74, 6) is 1.12. The molecule has 19 heavy (non-hydrogen) atoms. The third kappa shape index (κ3) is 13.9. The summed E-state index contributed by atoms with van der Waals surface area (Å²) in [5.41, 5.74) is 0. The molecule has 0 amide bonds. The van der Waals surface area contributed by atoms with Crippen LogP contribution in [0.1, 0.15) is 47.0 Å². The molecule has 0 radical (unpaired) electrons. The van der Waals surface area contributed by atoms with Crippen LogP contribution in [-0.2, 0) is 4.74 Å². The lowest BCUT2D eigenvalue weighted by Crippen LogP contribution is -2.30. The summed E-state index contributed by atoms with van der Waals surface area (Å²) in [6.07, 6.45) is -1.52. The Morgan fingerprint density at radius 2 is 1.74 bits per heavy atom. The molecule has 0 rings (SSSR count). The lowest BCUT2D eigenvalue weighted by Gasteiger charge is -2.21. The monoisotopic (exact) mass is 283 g/mol. The quantitative estimate of drug-likeness (QED) is 0.612. The van der Waals surface area contributed by atoms with Gasteiger partial charge in [-0.15, -0.1) is 0 Å². The Hall–Kier alpha value is -0.290. The van der Waals surface area contributed by atoms with Crippen molar-refractivity contribution < 1.29 is 17.9 Å². The molecule has 0 aliphatic carbocycles. The van der Waals surface area contributed by atoms with E-state index in [9.17, 15) is 13.2 Å². The maximum atomic E-state index is 11.9. The molecule has 0 aliphatic rings. The van der Waals surface area contributed by atoms with Crippen molar-refractivity contribution in [3.8, 4) is 0 Å². The smallest absolute Gasteiger partial charge is 0.372 e. The number of ether oxygens (including phenoxy) is 1. The average molecular weight is 283 g/mol. The minimum atomic E-state index is -4.21. The fourth-order valence-corrected chi connectivity index (χ4v) is 2.03. The van der Waals surface area contributed by atoms with E-state index in [1.54, 1.807) is 0 Å². The summed E-state index contributed by atoms with van der Waals surface area (Å²) >= 11 is 0. The highest BCUT2D eigenvalue weighted by Crippen LogP contribution is 2.18. The fourth-order valence-electron chi connectivity index (χ4n) is 2.03. The number of nitrogens with one attached hydrogen (secondary N) is 1. The molecule has 0 fully saturated rings. The van der Waals surface area contributed by atoms with Crippen molar-refractivity contribution in [2.75, 3.05) is 19.8 Å². The largest absolute Gasteiger partial charge is 0.411 e. The highest BCUT2D eigenvalue weighted by molar-refractivity contribution is 4.66. The molecule has 0 aromatic carbocycles. The first kappa shape index (κ1) is 18.7. The molecule has 0 spiro atoms. The normalized spacial score (nSPS) is 14.4. The molecule has 0 saturated heterocycles. The van der Waals surface area contributed by atoms with Crippen LogP contribution < -0.4 is 5.32 Å². The molecule has 1 unspecified atom stereocenters. The van der Waals surface area contributed by atoms with Gasteiger partial charge in [-0.2, -0.15) is 13.2 Å². The van der Waals surface area contributed by atoms with E-state index in [0.29, 0.717) is 24.3 Å². The Morgan fingerprint density at radius 3 is 2.21 bits per heavy atom. The lowest BCUT2D eigenvalue weighted by atomic mass is 9.93. The van der Waals surface area contributed by atoms with Crippen molar-refractivity contribution in [3.63, 3.8) is 0 Å². The van der Waals surface area contributed by atoms with Gasteiger partial charge in [0, 0.05) is 12.6 Å². The number of halogens is 3. The van der Waals surface area contributed by atoms with E-state index in [-0.39, 0.29) is 6.61 Å². The van der Waals surface area contributed by atoms with Crippen LogP contribution in [0.25, 0.3) is 0 Å². The summed E-state index contributed by atoms with van der Waals surface area (Å²) in [5, 5.41) is 3.40. The van der Waals surface area contributed by atoms with E-state index in [0.717, 1.165) is 19.4 Å². The molecule has 0 aliphatic heterocycles. The summed E-state index contributed by atoms with van der Waals surface area (Å²) in [4.78, 5) is 0. The number of alkyl halides is 3. The molecular weight excluding hydrogens is 255 g/mol. The van der Waals surface area contributed by atoms with Crippen molar-refractivity contribution >= 4 is 0 Å². The second-order valence-electron chi connectivity index (χ2n) is 5.87. The molecule has 0 aromatic rings. The van der Waals surface area contributed by atoms with Gasteiger partial charge in [0.2, 0.25) is 0 Å². The third-order valence-electron chi connectivity index (χ3n) is 2.79. The van der Waals surface area contributed by atoms with Gasteiger partial charge in [0.25, 0.3) is 0 Å². The minimum Gasteiger partial charge on any atom is -0.372 e. The van der Waals surface area contributed by atoms with E-state index < -0.39 is 12.8 Å². The van der Waals surface area contributed by atoms with Gasteiger partial charge in [-0.25, -0.2) is 0 Å². The number of hydrogen-bond acceptors (Lipinski definition) is 2. The molecule has 1 N–H and O–H groups in total. The minimum absolute atomic E-state index is 0.190. The van der Waals surface area contributed by atoms with Gasteiger partial charge in [-0.05, 0) is 37.6 Å². The molecule has 2 nitrogen and oxygen atoms in total. The van der Waals surface area contributed by atoms with Gasteiger partial charge >= 0.3 is 6.18 Å². The van der Waals surface area contributed by atoms with Crippen LogP contribution in [0.3, 0.4) is 0 Å². The van der Waals surface area contributed by atoms with Gasteiger partial charge in [0.1, 0.15) is 6.61 Å². The third-order valence-corrected chi connectivity index (χ3v) is 2.79. The molecule has 0 bridgehead atoms. The van der Waals surface area contributed by atoms with Crippen molar-refractivity contribution in [2.24, 2.45) is 11.8 Å². The van der Waals surface area contributed by atoms with Crippen LogP contribution in [0.2, 0.25) is 0 Å². The maximum absolute atomic E-state index is 11.9. The highest BCUT2D eigenvalue weighted by atomic mass is 19.4. The highest BCUT2D eigenvalue weighted by Gasteiger charge is 2.27. The summed E-state index contributed by atoms with van der Waals surface area (Å²) in [6, 6.07) is 0.441. The first-order valence-electron chi connectivity index (χ1n) is 7.08. The lowest BCUT2D eigenvalue weighted by molar-refractivity contribution is -0.174. The molecule has 0 heterocycles. The van der Waals surface area contributed by atoms with E-state index in [2.05, 4.69) is 37.7 Å². The average Bonchev–Trinajstić information content (AvgIpc) is 2.22. The molecule has 0 aromatic heterocycles. The van der Waals surface area contributed by atoms with E-state index in [1.807, 2.05) is 0 Å². The van der Waals surface area contributed by atoms with Crippen LogP contribution in [-0.4, -0.2) is 32.0 Å². The Balaban J connectivity index is 3.79. The molecule has 5 heteroatoms. The van der Waals surface area contributed by atoms with Crippen LogP contribution in [0.15, 0.2) is 0 Å². The predicted molar refractivity (Wildman–Crippen MR) is 72.2 cm³/mol. The molecule has 0 saturated carbocycles. The standard InChI is InChI=1S/C14H28F3NO/c1-11(2)8-13(9-18-12(3)4)6-5-7-19-10-14(15,16)17/h11-13,18H,5-10H2,1-4H3. The Morgan fingerprint density at radius 1 is 1.11 bits per heavy atom. The maximum Gasteiger partial charge on any atom is 0.411 e. The van der Waals surface area contributed by atoms with Crippen molar-refractivity contribution in [1.29, 1.82) is 0 Å². The zero-order chi connectivity index (χ0) is 14.9. The van der Waals surface area contributed by atoms with Crippen LogP contribution >= 0.6 is 0 Å². The van der Waals surface area contributed by atoms with Gasteiger partial charge in [0.15, 0.2) is 0 Å². The van der Waals surface area contributed by atoms with Gasteiger partial charge in [-0.1, -0.05) is 27.7 Å². The zero-order valence-corrected chi connectivity index (χ0v) is 12.5. The second kappa shape index (κ2) is 9.59. The van der Waals surface area contributed by atoms with Crippen molar-refractivity contribution in [1.82, 2.24) is 5.32 Å². The predicted octanol–water partition coefficient (Wildman–Crippen LogP) is 4.01. The van der Waals surface area contributed by atoms with E-state index in [1.165, 1.54) is 0 Å². The first-order valence-corrected chi connectivity index (χ1v) is 7.08. The topological polar surface area (TPSA) is 21.3 Å². The van der Waals surface area contributed by atoms with Gasteiger partial charge in [-0.3, -0.25) is 0 Å². The van der Waals surface area contributed by atoms with E-state index in [4.69, 9.17) is 0 Å². The SMILES string of the molecule is CC(C)CC(CCCOCC(F)(F)F)CNC(C)C. The molecule has 116 valence electrons.